The number of aliphatic imine (C=N–C) groups is 1. The molecule has 214 valence electrons. The van der Waals surface area contributed by atoms with E-state index in [0.29, 0.717) is 17.2 Å². The first kappa shape index (κ1) is 28.8. The Bertz CT molecular complexity index is 1540. The molecule has 2 aromatic heterocycles. The lowest BCUT2D eigenvalue weighted by Crippen LogP contribution is -2.40. The summed E-state index contributed by atoms with van der Waals surface area (Å²) < 4.78 is 39.6. The van der Waals surface area contributed by atoms with Gasteiger partial charge in [0.25, 0.3) is 15.9 Å². The van der Waals surface area contributed by atoms with Crippen LogP contribution in [0.1, 0.15) is 68.8 Å². The van der Waals surface area contributed by atoms with Crippen molar-refractivity contribution in [2.24, 2.45) is 4.99 Å². The normalized spacial score (nSPS) is 16.8. The summed E-state index contributed by atoms with van der Waals surface area (Å²) in [5, 5.41) is 5.56. The second-order valence-electron chi connectivity index (χ2n) is 10.3. The monoisotopic (exact) mass is 604 g/mol. The molecule has 1 saturated carbocycles. The van der Waals surface area contributed by atoms with Gasteiger partial charge in [-0.15, -0.1) is 11.3 Å². The number of hydrogen-bond donors (Lipinski definition) is 1. The van der Waals surface area contributed by atoms with Crippen LogP contribution < -0.4 is 4.72 Å². The van der Waals surface area contributed by atoms with Gasteiger partial charge < -0.3 is 9.26 Å². The number of carbonyl (C=O) groups is 1. The molecule has 40 heavy (non-hydrogen) atoms. The van der Waals surface area contributed by atoms with Gasteiger partial charge in [0, 0.05) is 13.5 Å². The van der Waals surface area contributed by atoms with Crippen LogP contribution in [0.25, 0.3) is 10.4 Å². The van der Waals surface area contributed by atoms with Gasteiger partial charge in [-0.1, -0.05) is 61.1 Å². The molecule has 2 aliphatic rings. The number of methoxy groups -OCH3 is 1. The topological polar surface area (TPSA) is 114 Å². The number of hydrogen-bond acceptors (Lipinski definition) is 8. The molecule has 9 nitrogen and oxygen atoms in total. The molecule has 1 spiro atoms. The third kappa shape index (κ3) is 5.44. The van der Waals surface area contributed by atoms with Crippen LogP contribution in [0.5, 0.6) is 0 Å². The number of ether oxygens (including phenoxy) is 1. The minimum absolute atomic E-state index is 0.0559. The van der Waals surface area contributed by atoms with E-state index < -0.39 is 15.6 Å². The van der Waals surface area contributed by atoms with E-state index in [2.05, 4.69) is 16.8 Å². The van der Waals surface area contributed by atoms with Crippen LogP contribution in [0, 0.1) is 6.92 Å². The Hall–Kier alpha value is -2.73. The summed E-state index contributed by atoms with van der Waals surface area (Å²) in [5.41, 5.74) is 1.91. The number of aryl methyl sites for hydroxylation is 1. The molecule has 1 fully saturated rings. The summed E-state index contributed by atoms with van der Waals surface area (Å²) in [6.45, 7) is 4.43. The Morgan fingerprint density at radius 1 is 1.25 bits per heavy atom. The zero-order chi connectivity index (χ0) is 28.5. The average Bonchev–Trinajstić information content (AvgIpc) is 3.72. The maximum Gasteiger partial charge on any atom is 0.264 e. The van der Waals surface area contributed by atoms with E-state index in [1.54, 1.807) is 25.5 Å². The van der Waals surface area contributed by atoms with Crippen molar-refractivity contribution in [1.82, 2.24) is 10.1 Å². The number of carbonyl (C=O) groups excluding carboxylic acids is 1. The standard InChI is InChI=1S/C28H33ClN4O5S2/c1-4-5-8-23-30-28(12-6-7-13-28)27(34)33(23)16-19-9-10-21(20(15-19)17-37-3)25-22(11-14-39-25)40(35,36)32-26-24(29)18(2)38-31-26/h9-11,14-15H,4-8,12-13,16-17H2,1-3H3,(H,31,32). The molecule has 1 amide bonds. The predicted molar refractivity (Wildman–Crippen MR) is 156 cm³/mol. The number of halogens is 1. The van der Waals surface area contributed by atoms with Crippen molar-refractivity contribution in [3.63, 3.8) is 0 Å². The molecule has 0 radical (unpaired) electrons. The second kappa shape index (κ2) is 11.6. The summed E-state index contributed by atoms with van der Waals surface area (Å²) in [6.07, 6.45) is 6.48. The quantitative estimate of drug-likeness (QED) is 0.265. The Morgan fingerprint density at radius 2 is 2.02 bits per heavy atom. The lowest BCUT2D eigenvalue weighted by molar-refractivity contribution is -0.131. The zero-order valence-electron chi connectivity index (χ0n) is 22.8. The van der Waals surface area contributed by atoms with E-state index in [0.717, 1.165) is 67.5 Å². The Morgan fingerprint density at radius 3 is 2.70 bits per heavy atom. The summed E-state index contributed by atoms with van der Waals surface area (Å²) in [7, 11) is -2.41. The number of rotatable bonds is 11. The number of thiophene rings is 1. The molecule has 0 saturated heterocycles. The molecule has 5 rings (SSSR count). The third-order valence-corrected chi connectivity index (χ3v) is 10.4. The van der Waals surface area contributed by atoms with Gasteiger partial charge in [0.05, 0.1) is 18.0 Å². The number of amidine groups is 1. The molecular formula is C28H33ClN4O5S2. The van der Waals surface area contributed by atoms with Crippen LogP contribution in [-0.2, 0) is 32.7 Å². The Balaban J connectivity index is 1.45. The van der Waals surface area contributed by atoms with Gasteiger partial charge in [-0.3, -0.25) is 19.4 Å². The molecule has 0 bridgehead atoms. The van der Waals surface area contributed by atoms with Crippen LogP contribution in [0.4, 0.5) is 5.82 Å². The molecule has 1 aliphatic heterocycles. The first-order chi connectivity index (χ1) is 19.2. The van der Waals surface area contributed by atoms with Crippen molar-refractivity contribution >= 4 is 50.5 Å². The molecule has 3 aromatic rings. The molecule has 1 aliphatic carbocycles. The van der Waals surface area contributed by atoms with Crippen LogP contribution in [0.2, 0.25) is 5.02 Å². The zero-order valence-corrected chi connectivity index (χ0v) is 25.2. The minimum atomic E-state index is -4.01. The molecule has 12 heteroatoms. The summed E-state index contributed by atoms with van der Waals surface area (Å²) in [5.74, 6) is 1.25. The van der Waals surface area contributed by atoms with E-state index in [-0.39, 0.29) is 28.3 Å². The number of nitrogens with zero attached hydrogens (tertiary/aromatic N) is 3. The number of amides is 1. The third-order valence-electron chi connectivity index (χ3n) is 7.48. The van der Waals surface area contributed by atoms with E-state index in [1.807, 2.05) is 23.1 Å². The highest BCUT2D eigenvalue weighted by molar-refractivity contribution is 7.93. The van der Waals surface area contributed by atoms with Crippen molar-refractivity contribution in [3.8, 4) is 10.4 Å². The predicted octanol–water partition coefficient (Wildman–Crippen LogP) is 6.56. The van der Waals surface area contributed by atoms with Crippen molar-refractivity contribution < 1.29 is 22.5 Å². The maximum atomic E-state index is 13.6. The van der Waals surface area contributed by atoms with Crippen LogP contribution in [0.15, 0.2) is 44.1 Å². The Labute approximate surface area is 243 Å². The molecule has 3 heterocycles. The van der Waals surface area contributed by atoms with Crippen molar-refractivity contribution in [2.45, 2.75) is 82.4 Å². The van der Waals surface area contributed by atoms with Gasteiger partial charge in [-0.2, -0.15) is 0 Å². The fraction of sp³-hybridized carbons (Fsp3) is 0.464. The highest BCUT2D eigenvalue weighted by Crippen LogP contribution is 2.41. The van der Waals surface area contributed by atoms with Gasteiger partial charge in [0.15, 0.2) is 5.76 Å². The molecule has 0 unspecified atom stereocenters. The van der Waals surface area contributed by atoms with E-state index in [9.17, 15) is 13.2 Å². The van der Waals surface area contributed by atoms with Crippen molar-refractivity contribution in [3.05, 3.63) is 51.6 Å². The first-order valence-corrected chi connectivity index (χ1v) is 16.2. The van der Waals surface area contributed by atoms with E-state index in [1.165, 1.54) is 11.3 Å². The van der Waals surface area contributed by atoms with E-state index in [4.69, 9.17) is 25.9 Å². The van der Waals surface area contributed by atoms with Crippen LogP contribution >= 0.6 is 22.9 Å². The molecule has 1 N–H and O–H groups in total. The number of benzene rings is 1. The van der Waals surface area contributed by atoms with Gasteiger partial charge in [0.1, 0.15) is 21.3 Å². The largest absolute Gasteiger partial charge is 0.380 e. The highest BCUT2D eigenvalue weighted by atomic mass is 35.5. The summed E-state index contributed by atoms with van der Waals surface area (Å²) in [6, 6.07) is 7.38. The summed E-state index contributed by atoms with van der Waals surface area (Å²) >= 11 is 7.46. The van der Waals surface area contributed by atoms with Crippen LogP contribution in [-0.4, -0.2) is 42.9 Å². The van der Waals surface area contributed by atoms with Crippen molar-refractivity contribution in [1.29, 1.82) is 0 Å². The fourth-order valence-corrected chi connectivity index (χ4v) is 8.12. The lowest BCUT2D eigenvalue weighted by Gasteiger charge is -2.23. The van der Waals surface area contributed by atoms with Gasteiger partial charge in [-0.25, -0.2) is 8.42 Å². The minimum Gasteiger partial charge on any atom is -0.380 e. The number of sulfonamides is 1. The first-order valence-electron chi connectivity index (χ1n) is 13.4. The second-order valence-corrected chi connectivity index (χ2v) is 13.3. The van der Waals surface area contributed by atoms with Crippen molar-refractivity contribution in [2.75, 3.05) is 11.8 Å². The molecule has 0 atom stereocenters. The summed E-state index contributed by atoms with van der Waals surface area (Å²) in [4.78, 5) is 21.1. The van der Waals surface area contributed by atoms with Gasteiger partial charge >= 0.3 is 0 Å². The molecular weight excluding hydrogens is 572 g/mol. The highest BCUT2D eigenvalue weighted by Gasteiger charge is 2.49. The lowest BCUT2D eigenvalue weighted by atomic mass is 9.97. The number of nitrogens with one attached hydrogen (secondary N) is 1. The fourth-order valence-electron chi connectivity index (χ4n) is 5.43. The number of anilines is 1. The van der Waals surface area contributed by atoms with E-state index >= 15 is 0 Å². The maximum absolute atomic E-state index is 13.6. The Kier molecular flexibility index (Phi) is 8.37. The number of aromatic nitrogens is 1. The smallest absolute Gasteiger partial charge is 0.264 e. The van der Waals surface area contributed by atoms with Gasteiger partial charge in [-0.05, 0) is 54.3 Å². The SMILES string of the molecule is CCCCC1=NC2(CCCC2)C(=O)N1Cc1ccc(-c2sccc2S(=O)(=O)Nc2noc(C)c2Cl)c(COC)c1. The van der Waals surface area contributed by atoms with Crippen LogP contribution in [0.3, 0.4) is 0 Å². The number of unbranched alkanes of at least 4 members (excludes halogenated alkanes) is 1. The van der Waals surface area contributed by atoms with Gasteiger partial charge in [0.2, 0.25) is 5.82 Å². The average molecular weight is 605 g/mol. The molecule has 1 aromatic carbocycles.